The van der Waals surface area contributed by atoms with Gasteiger partial charge in [-0.1, -0.05) is 34.1 Å². The van der Waals surface area contributed by atoms with Gasteiger partial charge in [-0.05, 0) is 37.7 Å². The number of halogens is 1. The van der Waals surface area contributed by atoms with Crippen LogP contribution >= 0.6 is 15.9 Å². The monoisotopic (exact) mass is 475 g/mol. The summed E-state index contributed by atoms with van der Waals surface area (Å²) in [6.45, 7) is 2.63. The molecule has 0 unspecified atom stereocenters. The number of likely N-dealkylation sites (tertiary alicyclic amines) is 1. The minimum Gasteiger partial charge on any atom is -0.493 e. The van der Waals surface area contributed by atoms with E-state index in [9.17, 15) is 14.9 Å². The van der Waals surface area contributed by atoms with Gasteiger partial charge in [0.25, 0.3) is 11.9 Å². The van der Waals surface area contributed by atoms with Crippen LogP contribution < -0.4 is 14.8 Å². The Bertz CT molecular complexity index is 1030. The average molecular weight is 476 g/mol. The number of amides is 1. The van der Waals surface area contributed by atoms with Crippen LogP contribution in [0.4, 0.5) is 5.69 Å². The van der Waals surface area contributed by atoms with Crippen LogP contribution in [0.5, 0.6) is 11.5 Å². The summed E-state index contributed by atoms with van der Waals surface area (Å²) in [5.41, 5.74) is 0.583. The van der Waals surface area contributed by atoms with E-state index in [2.05, 4.69) is 21.2 Å². The van der Waals surface area contributed by atoms with Crippen molar-refractivity contribution in [3.8, 4) is 11.5 Å². The summed E-state index contributed by atoms with van der Waals surface area (Å²) >= 11 is 3.55. The van der Waals surface area contributed by atoms with E-state index in [0.29, 0.717) is 45.9 Å². The number of hydrogen-bond donors (Lipinski definition) is 1. The molecule has 1 saturated heterocycles. The maximum Gasteiger partial charge on any atom is 0.256 e. The van der Waals surface area contributed by atoms with Crippen molar-refractivity contribution in [2.45, 2.75) is 24.4 Å². The summed E-state index contributed by atoms with van der Waals surface area (Å²) in [5, 5.41) is 15.3. The lowest BCUT2D eigenvalue weighted by molar-refractivity contribution is -0.534. The molecule has 2 heterocycles. The van der Waals surface area contributed by atoms with Gasteiger partial charge >= 0.3 is 0 Å². The number of ether oxygens (including phenoxy) is 2. The zero-order valence-corrected chi connectivity index (χ0v) is 18.4. The lowest BCUT2D eigenvalue weighted by Gasteiger charge is -2.30. The zero-order chi connectivity index (χ0) is 21.6. The summed E-state index contributed by atoms with van der Waals surface area (Å²) in [7, 11) is 3.31. The van der Waals surface area contributed by atoms with Crippen molar-refractivity contribution in [3.05, 3.63) is 62.1 Å². The molecular formula is C21H22BrN3O5. The Morgan fingerprint density at radius 3 is 2.73 bits per heavy atom. The molecule has 30 heavy (non-hydrogen) atoms. The topological polar surface area (TPSA) is 93.9 Å². The van der Waals surface area contributed by atoms with E-state index in [-0.39, 0.29) is 10.8 Å². The predicted octanol–water partition coefficient (Wildman–Crippen LogP) is 3.38. The largest absolute Gasteiger partial charge is 0.493 e. The molecule has 1 fully saturated rings. The standard InChI is InChI=1S/C21H22BrN3O5/c1-4-30-18-9-12(15(22)10-17(18)29-3)13-11-24(2)21(19(13)25(27)28)14-7-5-6-8-16(14)23-20(21)26/h5-10,13,19H,4,11H2,1-3H3,(H,23,26)/t13-,19+,21-/m0/s1. The zero-order valence-electron chi connectivity index (χ0n) is 16.8. The van der Waals surface area contributed by atoms with Crippen LogP contribution in [0.1, 0.15) is 24.0 Å². The molecule has 2 aliphatic rings. The van der Waals surface area contributed by atoms with Gasteiger partial charge in [0.1, 0.15) is 0 Å². The van der Waals surface area contributed by atoms with Gasteiger partial charge < -0.3 is 14.8 Å². The number of likely N-dealkylation sites (N-methyl/N-ethyl adjacent to an activating group) is 1. The highest BCUT2D eigenvalue weighted by atomic mass is 79.9. The van der Waals surface area contributed by atoms with Crippen LogP contribution in [0.25, 0.3) is 0 Å². The van der Waals surface area contributed by atoms with Crippen molar-refractivity contribution in [3.63, 3.8) is 0 Å². The molecule has 1 spiro atoms. The fourth-order valence-electron chi connectivity index (χ4n) is 4.82. The Kier molecular flexibility index (Phi) is 5.19. The van der Waals surface area contributed by atoms with Crippen LogP contribution in [0.2, 0.25) is 0 Å². The highest BCUT2D eigenvalue weighted by Gasteiger charge is 2.68. The summed E-state index contributed by atoms with van der Waals surface area (Å²) in [5.74, 6) is 0.141. The van der Waals surface area contributed by atoms with Gasteiger partial charge in [0.05, 0.1) is 19.6 Å². The smallest absolute Gasteiger partial charge is 0.256 e. The number of carbonyl (C=O) groups is 1. The van der Waals surface area contributed by atoms with Gasteiger partial charge in [-0.2, -0.15) is 0 Å². The minimum atomic E-state index is -1.38. The van der Waals surface area contributed by atoms with Gasteiger partial charge in [0, 0.05) is 27.2 Å². The van der Waals surface area contributed by atoms with Gasteiger partial charge in [0.2, 0.25) is 0 Å². The Morgan fingerprint density at radius 2 is 2.07 bits per heavy atom. The highest BCUT2D eigenvalue weighted by Crippen LogP contribution is 2.53. The van der Waals surface area contributed by atoms with Crippen LogP contribution in [-0.2, 0) is 10.3 Å². The van der Waals surface area contributed by atoms with Crippen molar-refractivity contribution in [1.29, 1.82) is 0 Å². The molecular weight excluding hydrogens is 454 g/mol. The molecule has 4 rings (SSSR count). The normalized spacial score (nSPS) is 25.3. The second-order valence-corrected chi connectivity index (χ2v) is 8.30. The second-order valence-electron chi connectivity index (χ2n) is 7.44. The Balaban J connectivity index is 1.89. The Morgan fingerprint density at radius 1 is 1.33 bits per heavy atom. The SMILES string of the molecule is CCOc1cc([C@@H]2CN(C)[C@]3(C(=O)Nc4ccccc43)[C@@H]2[N+](=O)[O-])c(Br)cc1OC. The summed E-state index contributed by atoms with van der Waals surface area (Å²) in [6.07, 6.45) is 0. The number of anilines is 1. The molecule has 0 aromatic heterocycles. The lowest BCUT2D eigenvalue weighted by Crippen LogP contribution is -2.54. The van der Waals surface area contributed by atoms with Crippen molar-refractivity contribution in [2.75, 3.05) is 32.6 Å². The summed E-state index contributed by atoms with van der Waals surface area (Å²) in [6, 6.07) is 9.53. The fraction of sp³-hybridized carbons (Fsp3) is 0.381. The third kappa shape index (κ3) is 2.79. The average Bonchev–Trinajstić information content (AvgIpc) is 3.18. The van der Waals surface area contributed by atoms with Crippen LogP contribution in [-0.4, -0.2) is 49.1 Å². The molecule has 0 aliphatic carbocycles. The number of rotatable bonds is 5. The third-order valence-electron chi connectivity index (χ3n) is 6.02. The van der Waals surface area contributed by atoms with E-state index in [1.54, 1.807) is 55.5 Å². The number of carbonyl (C=O) groups excluding carboxylic acids is 1. The molecule has 158 valence electrons. The van der Waals surface area contributed by atoms with Gasteiger partial charge in [-0.3, -0.25) is 19.8 Å². The van der Waals surface area contributed by atoms with E-state index in [0.717, 1.165) is 0 Å². The van der Waals surface area contributed by atoms with Gasteiger partial charge in [-0.25, -0.2) is 0 Å². The van der Waals surface area contributed by atoms with E-state index >= 15 is 0 Å². The molecule has 2 aromatic carbocycles. The van der Waals surface area contributed by atoms with Crippen LogP contribution in [0.15, 0.2) is 40.9 Å². The fourth-order valence-corrected chi connectivity index (χ4v) is 5.44. The number of nitrogens with zero attached hydrogens (tertiary/aromatic N) is 2. The Hall–Kier alpha value is -2.65. The van der Waals surface area contributed by atoms with Crippen molar-refractivity contribution >= 4 is 27.5 Å². The number of methoxy groups -OCH3 is 1. The molecule has 2 aromatic rings. The molecule has 0 bridgehead atoms. The summed E-state index contributed by atoms with van der Waals surface area (Å²) in [4.78, 5) is 27.1. The molecule has 8 nitrogen and oxygen atoms in total. The minimum absolute atomic E-state index is 0.327. The van der Waals surface area contributed by atoms with Crippen LogP contribution in [0.3, 0.4) is 0 Å². The number of nitro groups is 1. The first-order valence-electron chi connectivity index (χ1n) is 9.62. The number of fused-ring (bicyclic) bond motifs is 2. The van der Waals surface area contributed by atoms with Gasteiger partial charge in [-0.15, -0.1) is 0 Å². The third-order valence-corrected chi connectivity index (χ3v) is 6.71. The molecule has 1 amide bonds. The van der Waals surface area contributed by atoms with Crippen molar-refractivity contribution in [1.82, 2.24) is 4.90 Å². The maximum absolute atomic E-state index is 13.2. The van der Waals surface area contributed by atoms with E-state index < -0.39 is 17.5 Å². The first-order chi connectivity index (χ1) is 14.4. The maximum atomic E-state index is 13.2. The van der Waals surface area contributed by atoms with E-state index in [1.165, 1.54) is 0 Å². The van der Waals surface area contributed by atoms with Gasteiger partial charge in [0.15, 0.2) is 17.0 Å². The number of benzene rings is 2. The van der Waals surface area contributed by atoms with E-state index in [1.807, 2.05) is 6.92 Å². The molecule has 3 atom stereocenters. The van der Waals surface area contributed by atoms with E-state index in [4.69, 9.17) is 9.47 Å². The number of para-hydroxylation sites is 1. The highest BCUT2D eigenvalue weighted by molar-refractivity contribution is 9.10. The summed E-state index contributed by atoms with van der Waals surface area (Å²) < 4.78 is 11.8. The Labute approximate surface area is 182 Å². The predicted molar refractivity (Wildman–Crippen MR) is 115 cm³/mol. The molecule has 2 aliphatic heterocycles. The molecule has 0 saturated carbocycles. The first kappa shape index (κ1) is 20.6. The molecule has 9 heteroatoms. The molecule has 0 radical (unpaired) electrons. The second kappa shape index (κ2) is 7.55. The van der Waals surface area contributed by atoms with Crippen LogP contribution in [0, 0.1) is 10.1 Å². The number of hydrogen-bond acceptors (Lipinski definition) is 6. The quantitative estimate of drug-likeness (QED) is 0.526. The van der Waals surface area contributed by atoms with Crippen molar-refractivity contribution in [2.24, 2.45) is 0 Å². The van der Waals surface area contributed by atoms with Crippen molar-refractivity contribution < 1.29 is 19.2 Å². The first-order valence-corrected chi connectivity index (χ1v) is 10.4. The lowest BCUT2D eigenvalue weighted by atomic mass is 9.79. The molecule has 1 N–H and O–H groups in total. The number of nitrogens with one attached hydrogen (secondary N) is 1.